The van der Waals surface area contributed by atoms with Crippen LogP contribution in [0.25, 0.3) is 0 Å². The number of ether oxygens (including phenoxy) is 13. The molecule has 31 nitrogen and oxygen atoms in total. The average Bonchev–Trinajstić information content (AvgIpc) is 0.675. The third kappa shape index (κ3) is 13.1. The minimum Gasteiger partial charge on any atom is -0.479 e. The molecule has 34 atom stereocenters. The largest absolute Gasteiger partial charge is 0.479 e. The highest BCUT2D eigenvalue weighted by Gasteiger charge is 2.71. The second kappa shape index (κ2) is 27.9. The first-order valence-corrected chi connectivity index (χ1v) is 33.0. The van der Waals surface area contributed by atoms with Crippen molar-refractivity contribution in [1.82, 2.24) is 0 Å². The van der Waals surface area contributed by atoms with E-state index in [2.05, 4.69) is 33.8 Å². The fraction of sp³-hybridized carbons (Fsp3) is 0.906. The maximum atomic E-state index is 12.7. The van der Waals surface area contributed by atoms with E-state index in [0.29, 0.717) is 44.9 Å². The molecule has 0 radical (unpaired) electrons. The van der Waals surface area contributed by atoms with Crippen LogP contribution in [-0.4, -0.2) is 288 Å². The zero-order valence-corrected chi connectivity index (χ0v) is 55.2. The van der Waals surface area contributed by atoms with Gasteiger partial charge < -0.3 is 133 Å². The first-order chi connectivity index (χ1) is 44.5. The molecule has 0 spiro atoms. The number of rotatable bonds is 17. The van der Waals surface area contributed by atoms with E-state index in [1.54, 1.807) is 0 Å². The molecule has 0 amide bonds. The molecule has 95 heavy (non-hydrogen) atoms. The van der Waals surface area contributed by atoms with E-state index in [-0.39, 0.29) is 36.2 Å². The summed E-state index contributed by atoms with van der Waals surface area (Å²) in [6, 6.07) is 0. The zero-order valence-electron chi connectivity index (χ0n) is 55.2. The van der Waals surface area contributed by atoms with Crippen molar-refractivity contribution in [2.75, 3.05) is 33.0 Å². The van der Waals surface area contributed by atoms with Crippen molar-refractivity contribution in [3.05, 3.63) is 11.6 Å². The molecule has 10 aliphatic rings. The Kier molecular flexibility index (Phi) is 21.9. The molecule has 5 aliphatic heterocycles. The Bertz CT molecular complexity index is 2770. The van der Waals surface area contributed by atoms with Gasteiger partial charge in [0.1, 0.15) is 85.5 Å². The highest BCUT2D eigenvalue weighted by molar-refractivity contribution is 5.73. The average molecular weight is 1370 g/mol. The van der Waals surface area contributed by atoms with E-state index < -0.39 is 237 Å². The van der Waals surface area contributed by atoms with E-state index in [9.17, 15) is 90.7 Å². The van der Waals surface area contributed by atoms with Gasteiger partial charge in [-0.05, 0) is 90.8 Å². The summed E-state index contributed by atoms with van der Waals surface area (Å²) < 4.78 is 77.5. The zero-order chi connectivity index (χ0) is 69.7. The Hall–Kier alpha value is -3.30. The molecule has 0 bridgehead atoms. The third-order valence-electron chi connectivity index (χ3n) is 24.1. The van der Waals surface area contributed by atoms with Gasteiger partial charge in [0.05, 0.1) is 51.3 Å². The number of carboxylic acids is 1. The van der Waals surface area contributed by atoms with Crippen LogP contribution in [0.1, 0.15) is 121 Å². The highest BCUT2D eigenvalue weighted by atomic mass is 16.8. The van der Waals surface area contributed by atoms with Crippen LogP contribution >= 0.6 is 0 Å². The number of allylic oxidation sites excluding steroid dienone is 2. The molecular weight excluding hydrogens is 1260 g/mol. The van der Waals surface area contributed by atoms with Crippen molar-refractivity contribution in [1.29, 1.82) is 0 Å². The standard InChI is InChI=1S/C64H100O31/c1-25(68)85-33-23-84-56(50(87-27(3)70)46(33)86-26(2)69)91-45-30(71)22-83-54(44(45)79)95-52-51(80)59(4,5)19-29-28-11-12-35-61(7)15-14-36(62(8,24-67)34(61)13-16-64(35,10)63(28,9)18-17-60(29,52)6)90-58-49(42(77)41(76)47(92-58)53(81)82)94-57-48(40(75)38(73)32(21-66)89-57)93-55-43(78)39(74)37(72)31(20-65)88-55/h11,29-52,54-58,65-67,71-80H,12-24H2,1-10H3,(H,81,82)/t29-,30-,31+,32+,33+,34+,35+,36-,37+,38-,39-,40-,41-,42-,43+,44+,45-,46-,47-,48+,49+,50+,51-,52+,54-,55-,56-,57-,58+,60+,61-,62+,63+,64+/m0/s1. The summed E-state index contributed by atoms with van der Waals surface area (Å²) >= 11 is 0. The quantitative estimate of drug-likeness (QED) is 0.0305. The number of carboxylic acid groups (broad SMARTS) is 1. The van der Waals surface area contributed by atoms with Gasteiger partial charge in [-0.2, -0.15) is 0 Å². The van der Waals surface area contributed by atoms with Crippen LogP contribution in [0.2, 0.25) is 0 Å². The van der Waals surface area contributed by atoms with E-state index in [0.717, 1.165) is 20.8 Å². The van der Waals surface area contributed by atoms with Gasteiger partial charge in [-0.1, -0.05) is 60.1 Å². The SMILES string of the molecule is CC(=O)O[C@@H]1[C@@H](OC(C)=O)[C@H](O[C@@H]2[C@@H](O)[C@H](O[C@@H]3[C@H](O)C(C)(C)C[C@H]4C5=CC[C@@H]6[C@@]7(C)CC[C@H](O[C@@H]8O[C@H](C(=O)O)[C@@H](O)[C@H](O)[C@H]8O[C@@H]8O[C@H](CO)[C@H](O)[C@H](O)[C@H]8O[C@@H]8O[C@H](CO)[C@@H](O)[C@H](O)[C@H]8O)[C@](C)(CO)[C@@H]7CC[C@@]6(C)[C@]5(C)CC[C@@]34C)OC[C@@H]2O)OC[C@H]1OC(C)=O. The molecule has 9 fully saturated rings. The highest BCUT2D eigenvalue weighted by Crippen LogP contribution is 2.76. The molecule has 31 heteroatoms. The molecule has 5 aliphatic carbocycles. The van der Waals surface area contributed by atoms with Crippen LogP contribution < -0.4 is 0 Å². The van der Waals surface area contributed by atoms with Crippen LogP contribution in [0.3, 0.4) is 0 Å². The monoisotopic (exact) mass is 1360 g/mol. The summed E-state index contributed by atoms with van der Waals surface area (Å²) in [4.78, 5) is 49.5. The fourth-order valence-electron chi connectivity index (χ4n) is 18.6. The Balaban J connectivity index is 0.887. The van der Waals surface area contributed by atoms with Crippen molar-refractivity contribution in [2.24, 2.45) is 50.2 Å². The van der Waals surface area contributed by atoms with Crippen LogP contribution in [-0.2, 0) is 80.8 Å². The van der Waals surface area contributed by atoms with E-state index >= 15 is 0 Å². The normalized spacial score (nSPS) is 51.3. The smallest absolute Gasteiger partial charge is 0.335 e. The lowest BCUT2D eigenvalue weighted by molar-refractivity contribution is -0.397. The minimum absolute atomic E-state index is 0.00760. The van der Waals surface area contributed by atoms with E-state index in [1.165, 1.54) is 5.57 Å². The number of esters is 3. The molecular formula is C64H100O31. The molecule has 0 aromatic carbocycles. The number of hydrogen-bond acceptors (Lipinski definition) is 30. The maximum absolute atomic E-state index is 12.7. The minimum atomic E-state index is -2.18. The fourth-order valence-corrected chi connectivity index (χ4v) is 18.6. The molecule has 542 valence electrons. The molecule has 0 unspecified atom stereocenters. The summed E-state index contributed by atoms with van der Waals surface area (Å²) in [5, 5.41) is 156. The Labute approximate surface area is 549 Å². The van der Waals surface area contributed by atoms with Crippen molar-refractivity contribution in [2.45, 2.75) is 280 Å². The summed E-state index contributed by atoms with van der Waals surface area (Å²) in [6.07, 6.45) is -37.0. The molecule has 0 aromatic rings. The molecule has 5 saturated heterocycles. The van der Waals surface area contributed by atoms with Gasteiger partial charge in [0, 0.05) is 31.6 Å². The summed E-state index contributed by atoms with van der Waals surface area (Å²) in [5.41, 5.74) is -2.72. The van der Waals surface area contributed by atoms with Gasteiger partial charge in [0.2, 0.25) is 0 Å². The first-order valence-electron chi connectivity index (χ1n) is 33.0. The Morgan fingerprint density at radius 1 is 0.526 bits per heavy atom. The van der Waals surface area contributed by atoms with Crippen molar-refractivity contribution >= 4 is 23.9 Å². The van der Waals surface area contributed by atoms with Gasteiger partial charge in [-0.15, -0.1) is 0 Å². The lowest BCUT2D eigenvalue weighted by Gasteiger charge is -2.72. The second-order valence-electron chi connectivity index (χ2n) is 30.1. The Morgan fingerprint density at radius 2 is 1.09 bits per heavy atom. The number of aliphatic hydroxyl groups is 13. The predicted octanol–water partition coefficient (Wildman–Crippen LogP) is -2.71. The van der Waals surface area contributed by atoms with Gasteiger partial charge in [-0.25, -0.2) is 4.79 Å². The lowest BCUT2D eigenvalue weighted by atomic mass is 9.33. The van der Waals surface area contributed by atoms with Gasteiger partial charge in [0.15, 0.2) is 55.9 Å². The molecule has 14 N–H and O–H groups in total. The third-order valence-corrected chi connectivity index (χ3v) is 24.1. The number of aliphatic hydroxyl groups excluding tert-OH is 13. The van der Waals surface area contributed by atoms with E-state index in [1.807, 2.05) is 20.8 Å². The van der Waals surface area contributed by atoms with Crippen molar-refractivity contribution in [3.63, 3.8) is 0 Å². The number of carbonyl (C=O) groups excluding carboxylic acids is 3. The van der Waals surface area contributed by atoms with Gasteiger partial charge in [-0.3, -0.25) is 14.4 Å². The second-order valence-corrected chi connectivity index (χ2v) is 30.1. The molecule has 0 aromatic heterocycles. The molecule has 10 rings (SSSR count). The summed E-state index contributed by atoms with van der Waals surface area (Å²) in [6.45, 7) is 15.1. The van der Waals surface area contributed by atoms with Crippen molar-refractivity contribution < 1.29 is 152 Å². The first kappa shape index (κ1) is 74.4. The predicted molar refractivity (Wildman–Crippen MR) is 315 cm³/mol. The Morgan fingerprint density at radius 3 is 1.71 bits per heavy atom. The number of carbonyl (C=O) groups is 4. The van der Waals surface area contributed by atoms with Crippen LogP contribution in [0, 0.1) is 50.2 Å². The summed E-state index contributed by atoms with van der Waals surface area (Å²) in [5.74, 6) is -4.47. The molecule has 4 saturated carbocycles. The van der Waals surface area contributed by atoms with Gasteiger partial charge >= 0.3 is 23.9 Å². The van der Waals surface area contributed by atoms with Gasteiger partial charge in [0.25, 0.3) is 0 Å². The van der Waals surface area contributed by atoms with Crippen molar-refractivity contribution in [3.8, 4) is 0 Å². The lowest BCUT2D eigenvalue weighted by Crippen LogP contribution is -2.69. The number of hydrogen-bond donors (Lipinski definition) is 14. The topological polar surface area (TPSA) is 471 Å². The molecule has 5 heterocycles. The van der Waals surface area contributed by atoms with Crippen LogP contribution in [0.15, 0.2) is 11.6 Å². The van der Waals surface area contributed by atoms with Crippen LogP contribution in [0.5, 0.6) is 0 Å². The maximum Gasteiger partial charge on any atom is 0.335 e. The summed E-state index contributed by atoms with van der Waals surface area (Å²) in [7, 11) is 0. The number of fused-ring (bicyclic) bond motifs is 7. The van der Waals surface area contributed by atoms with Crippen LogP contribution in [0.4, 0.5) is 0 Å². The number of aliphatic carboxylic acids is 1. The van der Waals surface area contributed by atoms with E-state index in [4.69, 9.17) is 61.6 Å².